The smallest absolute Gasteiger partial charge is 0.0719 e. The summed E-state index contributed by atoms with van der Waals surface area (Å²) in [4.78, 5) is 2.50. The van der Waals surface area contributed by atoms with Crippen LogP contribution in [0, 0.1) is 6.92 Å². The molecule has 1 saturated heterocycles. The van der Waals surface area contributed by atoms with Crippen molar-refractivity contribution in [2.75, 3.05) is 25.0 Å². The highest BCUT2D eigenvalue weighted by molar-refractivity contribution is 6.36. The van der Waals surface area contributed by atoms with Crippen LogP contribution in [0.3, 0.4) is 0 Å². The maximum atomic E-state index is 7.01. The van der Waals surface area contributed by atoms with Crippen molar-refractivity contribution in [2.45, 2.75) is 53.4 Å². The molecule has 0 aromatic heterocycles. The molecule has 2 N–H and O–H groups in total. The molecule has 4 heteroatoms. The molecule has 0 spiro atoms. The van der Waals surface area contributed by atoms with Gasteiger partial charge in [-0.3, -0.25) is 4.90 Å². The van der Waals surface area contributed by atoms with Crippen molar-refractivity contribution in [1.29, 1.82) is 0 Å². The Balaban J connectivity index is 1.92. The van der Waals surface area contributed by atoms with Gasteiger partial charge in [-0.15, -0.1) is 0 Å². The molecule has 0 saturated carbocycles. The number of nitrogens with one attached hydrogen (secondary N) is 2. The van der Waals surface area contributed by atoms with E-state index in [4.69, 9.17) is 11.6 Å². The van der Waals surface area contributed by atoms with Crippen molar-refractivity contribution in [1.82, 2.24) is 10.2 Å². The van der Waals surface area contributed by atoms with E-state index in [-0.39, 0.29) is 0 Å². The van der Waals surface area contributed by atoms with E-state index in [1.165, 1.54) is 40.7 Å². The van der Waals surface area contributed by atoms with Gasteiger partial charge in [0.25, 0.3) is 0 Å². The van der Waals surface area contributed by atoms with Gasteiger partial charge in [0.1, 0.15) is 0 Å². The van der Waals surface area contributed by atoms with Crippen molar-refractivity contribution < 1.29 is 0 Å². The minimum atomic E-state index is 0.753. The molecule has 3 rings (SSSR count). The van der Waals surface area contributed by atoms with E-state index in [0.717, 1.165) is 54.4 Å². The van der Waals surface area contributed by atoms with Crippen LogP contribution in [0.2, 0.25) is 5.02 Å². The molecule has 1 aliphatic heterocycles. The standard InChI is InChI=1S/C31H40ClN3/c1-6-13-29(24(5)20-25(21-33-8-3)22-35-18-9-10-19-35)34-30-17-12-16-28(31(30)32)27-15-11-14-23(4)26(27)7-2/h8,11-17,20-21,33-34H,3,6-7,9-10,18-19,22H2,1-2,4-5H3/b24-20+,25-21+,29-13?. The summed E-state index contributed by atoms with van der Waals surface area (Å²) in [6.07, 6.45) is 12.7. The number of hydrogen-bond donors (Lipinski definition) is 2. The van der Waals surface area contributed by atoms with Crippen molar-refractivity contribution in [2.24, 2.45) is 0 Å². The normalized spacial score (nSPS) is 15.4. The molecule has 1 aliphatic rings. The number of rotatable bonds is 11. The molecule has 2 aromatic carbocycles. The molecule has 0 aliphatic carbocycles. The van der Waals surface area contributed by atoms with E-state index in [2.05, 4.69) is 105 Å². The van der Waals surface area contributed by atoms with Crippen LogP contribution < -0.4 is 10.6 Å². The zero-order valence-corrected chi connectivity index (χ0v) is 22.5. The van der Waals surface area contributed by atoms with Gasteiger partial charge in [0.15, 0.2) is 0 Å². The van der Waals surface area contributed by atoms with Crippen molar-refractivity contribution in [3.8, 4) is 11.1 Å². The molecular weight excluding hydrogens is 450 g/mol. The first-order valence-corrected chi connectivity index (χ1v) is 13.2. The van der Waals surface area contributed by atoms with E-state index in [1.54, 1.807) is 6.20 Å². The van der Waals surface area contributed by atoms with Crippen molar-refractivity contribution in [3.63, 3.8) is 0 Å². The van der Waals surface area contributed by atoms with E-state index in [0.29, 0.717) is 0 Å². The molecule has 0 radical (unpaired) electrons. The van der Waals surface area contributed by atoms with Crippen molar-refractivity contribution >= 4 is 17.3 Å². The van der Waals surface area contributed by atoms with Crippen LogP contribution in [-0.2, 0) is 6.42 Å². The predicted octanol–water partition coefficient (Wildman–Crippen LogP) is 8.24. The molecule has 0 unspecified atom stereocenters. The van der Waals surface area contributed by atoms with E-state index < -0.39 is 0 Å². The van der Waals surface area contributed by atoms with Crippen LogP contribution >= 0.6 is 11.6 Å². The van der Waals surface area contributed by atoms with Gasteiger partial charge in [-0.05, 0) is 92.7 Å². The van der Waals surface area contributed by atoms with Gasteiger partial charge in [0.05, 0.1) is 10.7 Å². The average Bonchev–Trinajstić information content (AvgIpc) is 3.36. The number of nitrogens with zero attached hydrogens (tertiary/aromatic N) is 1. The molecule has 2 aromatic rings. The summed E-state index contributed by atoms with van der Waals surface area (Å²) < 4.78 is 0. The quantitative estimate of drug-likeness (QED) is 0.311. The maximum absolute atomic E-state index is 7.01. The van der Waals surface area contributed by atoms with Gasteiger partial charge in [0.2, 0.25) is 0 Å². The third kappa shape index (κ3) is 7.13. The number of likely N-dealkylation sites (tertiary alicyclic amines) is 1. The molecule has 0 atom stereocenters. The average molecular weight is 490 g/mol. The summed E-state index contributed by atoms with van der Waals surface area (Å²) >= 11 is 7.01. The molecule has 3 nitrogen and oxygen atoms in total. The first-order valence-electron chi connectivity index (χ1n) is 12.8. The number of halogens is 1. The second kappa shape index (κ2) is 13.4. The SMILES string of the molecule is C=CN/C=C(\C=C(/C)C(=CCC)Nc1cccc(-c2cccc(C)c2CC)c1Cl)CN1CCCC1. The minimum Gasteiger partial charge on any atom is -0.368 e. The molecule has 0 bridgehead atoms. The molecule has 1 fully saturated rings. The zero-order valence-electron chi connectivity index (χ0n) is 21.8. The molecule has 1 heterocycles. The topological polar surface area (TPSA) is 27.3 Å². The number of benzene rings is 2. The van der Waals surface area contributed by atoms with E-state index >= 15 is 0 Å². The van der Waals surface area contributed by atoms with E-state index in [9.17, 15) is 0 Å². The third-order valence-corrected chi connectivity index (χ3v) is 6.96. The third-order valence-electron chi connectivity index (χ3n) is 6.55. The summed E-state index contributed by atoms with van der Waals surface area (Å²) in [6, 6.07) is 12.7. The summed E-state index contributed by atoms with van der Waals surface area (Å²) in [5.74, 6) is 0. The number of anilines is 1. The highest BCUT2D eigenvalue weighted by Gasteiger charge is 2.15. The van der Waals surface area contributed by atoms with Crippen LogP contribution in [0.25, 0.3) is 11.1 Å². The minimum absolute atomic E-state index is 0.753. The van der Waals surface area contributed by atoms with Gasteiger partial charge in [-0.1, -0.05) is 74.5 Å². The van der Waals surface area contributed by atoms with Gasteiger partial charge in [0, 0.05) is 24.0 Å². The fourth-order valence-electron chi connectivity index (χ4n) is 4.77. The van der Waals surface area contributed by atoms with Crippen molar-refractivity contribution in [3.05, 3.63) is 101 Å². The Morgan fingerprint density at radius 2 is 1.80 bits per heavy atom. The lowest BCUT2D eigenvalue weighted by molar-refractivity contribution is 0.371. The molecule has 35 heavy (non-hydrogen) atoms. The molecular formula is C31H40ClN3. The highest BCUT2D eigenvalue weighted by Crippen LogP contribution is 2.37. The van der Waals surface area contributed by atoms with E-state index in [1.807, 2.05) is 0 Å². The van der Waals surface area contributed by atoms with Gasteiger partial charge < -0.3 is 10.6 Å². The first-order chi connectivity index (χ1) is 17.0. The second-order valence-electron chi connectivity index (χ2n) is 9.17. The van der Waals surface area contributed by atoms with Crippen LogP contribution in [-0.4, -0.2) is 24.5 Å². The number of hydrogen-bond acceptors (Lipinski definition) is 3. The van der Waals surface area contributed by atoms with Crippen LogP contribution in [0.4, 0.5) is 5.69 Å². The van der Waals surface area contributed by atoms with Gasteiger partial charge in [-0.2, -0.15) is 0 Å². The summed E-state index contributed by atoms with van der Waals surface area (Å²) in [5.41, 5.74) is 9.34. The fraction of sp³-hybridized carbons (Fsp3) is 0.355. The Morgan fingerprint density at radius 1 is 1.09 bits per heavy atom. The predicted molar refractivity (Wildman–Crippen MR) is 154 cm³/mol. The highest BCUT2D eigenvalue weighted by atomic mass is 35.5. The summed E-state index contributed by atoms with van der Waals surface area (Å²) in [7, 11) is 0. The Labute approximate surface area is 217 Å². The Morgan fingerprint density at radius 3 is 2.49 bits per heavy atom. The lowest BCUT2D eigenvalue weighted by Crippen LogP contribution is -2.22. The van der Waals surface area contributed by atoms with Crippen LogP contribution in [0.15, 0.2) is 84.4 Å². The Bertz CT molecular complexity index is 1100. The maximum Gasteiger partial charge on any atom is 0.0719 e. The lowest BCUT2D eigenvalue weighted by atomic mass is 9.94. The Hall–Kier alpha value is -2.75. The monoisotopic (exact) mass is 489 g/mol. The fourth-order valence-corrected chi connectivity index (χ4v) is 5.05. The summed E-state index contributed by atoms with van der Waals surface area (Å²) in [5, 5.41) is 7.57. The van der Waals surface area contributed by atoms with Crippen LogP contribution in [0.5, 0.6) is 0 Å². The van der Waals surface area contributed by atoms with Gasteiger partial charge >= 0.3 is 0 Å². The molecule has 186 valence electrons. The van der Waals surface area contributed by atoms with Gasteiger partial charge in [-0.25, -0.2) is 0 Å². The van der Waals surface area contributed by atoms with Crippen LogP contribution in [0.1, 0.15) is 51.2 Å². The largest absolute Gasteiger partial charge is 0.368 e. The summed E-state index contributed by atoms with van der Waals surface area (Å²) in [6.45, 7) is 15.7. The Kier molecular flexibility index (Phi) is 10.3. The number of aryl methyl sites for hydroxylation is 1. The second-order valence-corrected chi connectivity index (χ2v) is 9.55. The molecule has 0 amide bonds. The first kappa shape index (κ1) is 26.8. The zero-order chi connectivity index (χ0) is 25.2. The number of allylic oxidation sites excluding steroid dienone is 2. The lowest BCUT2D eigenvalue weighted by Gasteiger charge is -2.19.